The lowest BCUT2D eigenvalue weighted by Gasteiger charge is -2.17. The van der Waals surface area contributed by atoms with E-state index in [1.807, 2.05) is 0 Å². The Balaban J connectivity index is 1.98. The third-order valence-electron chi connectivity index (χ3n) is 3.76. The van der Waals surface area contributed by atoms with Crippen LogP contribution in [0.2, 0.25) is 0 Å². The lowest BCUT2D eigenvalue weighted by Crippen LogP contribution is -2.21. The maximum Gasteiger partial charge on any atom is 0.233 e. The first kappa shape index (κ1) is 13.5. The van der Waals surface area contributed by atoms with Gasteiger partial charge in [0.25, 0.3) is 0 Å². The number of hydrogen-bond acceptors (Lipinski definition) is 4. The Bertz CT molecular complexity index is 345. The van der Waals surface area contributed by atoms with Gasteiger partial charge in [-0.25, -0.2) is 0 Å². The van der Waals surface area contributed by atoms with E-state index in [9.17, 15) is 0 Å². The van der Waals surface area contributed by atoms with Crippen LogP contribution in [0.5, 0.6) is 0 Å². The largest absolute Gasteiger partial charge is 0.423 e. The van der Waals surface area contributed by atoms with Crippen molar-refractivity contribution < 1.29 is 4.42 Å². The Morgan fingerprint density at radius 3 is 2.67 bits per heavy atom. The summed E-state index contributed by atoms with van der Waals surface area (Å²) in [7, 11) is 0. The Morgan fingerprint density at radius 2 is 2.00 bits per heavy atom. The van der Waals surface area contributed by atoms with Gasteiger partial charge in [-0.3, -0.25) is 0 Å². The van der Waals surface area contributed by atoms with Crippen LogP contribution in [0.4, 0.5) is 0 Å². The monoisotopic (exact) mass is 251 g/mol. The summed E-state index contributed by atoms with van der Waals surface area (Å²) in [6.07, 6.45) is 8.49. The van der Waals surface area contributed by atoms with Crippen molar-refractivity contribution in [2.24, 2.45) is 0 Å². The zero-order chi connectivity index (χ0) is 12.8. The van der Waals surface area contributed by atoms with Crippen LogP contribution in [0.1, 0.15) is 82.5 Å². The summed E-state index contributed by atoms with van der Waals surface area (Å²) in [4.78, 5) is 0. The first-order valence-electron chi connectivity index (χ1n) is 7.41. The predicted molar refractivity (Wildman–Crippen MR) is 71.4 cm³/mol. The third kappa shape index (κ3) is 3.31. The Labute approximate surface area is 110 Å². The highest BCUT2D eigenvalue weighted by Gasteiger charge is 2.23. The van der Waals surface area contributed by atoms with Gasteiger partial charge in [0.05, 0.1) is 6.04 Å². The summed E-state index contributed by atoms with van der Waals surface area (Å²) in [5.74, 6) is 2.14. The molecule has 1 aromatic rings. The fraction of sp³-hybridized carbons (Fsp3) is 0.857. The van der Waals surface area contributed by atoms with Crippen LogP contribution in [0.25, 0.3) is 0 Å². The van der Waals surface area contributed by atoms with Crippen molar-refractivity contribution in [3.8, 4) is 0 Å². The van der Waals surface area contributed by atoms with E-state index in [4.69, 9.17) is 4.42 Å². The molecular formula is C14H25N3O. The fourth-order valence-electron chi connectivity index (χ4n) is 2.63. The molecule has 4 nitrogen and oxygen atoms in total. The van der Waals surface area contributed by atoms with E-state index in [0.29, 0.717) is 5.92 Å². The molecule has 18 heavy (non-hydrogen) atoms. The Hall–Kier alpha value is -0.900. The lowest BCUT2D eigenvalue weighted by atomic mass is 9.89. The summed E-state index contributed by atoms with van der Waals surface area (Å²) in [5, 5.41) is 12.0. The van der Waals surface area contributed by atoms with Gasteiger partial charge >= 0.3 is 0 Å². The van der Waals surface area contributed by atoms with Gasteiger partial charge < -0.3 is 9.73 Å². The van der Waals surface area contributed by atoms with Crippen molar-refractivity contribution in [2.45, 2.75) is 70.8 Å². The van der Waals surface area contributed by atoms with Gasteiger partial charge in [-0.05, 0) is 32.2 Å². The highest BCUT2D eigenvalue weighted by molar-refractivity contribution is 4.96. The molecule has 0 saturated heterocycles. The third-order valence-corrected chi connectivity index (χ3v) is 3.76. The smallest absolute Gasteiger partial charge is 0.233 e. The van der Waals surface area contributed by atoms with Crippen LogP contribution in [0, 0.1) is 0 Å². The molecule has 0 aromatic carbocycles. The minimum atomic E-state index is 0.217. The average Bonchev–Trinajstić information content (AvgIpc) is 2.90. The summed E-state index contributed by atoms with van der Waals surface area (Å²) < 4.78 is 5.89. The summed E-state index contributed by atoms with van der Waals surface area (Å²) in [6, 6.07) is 0.217. The van der Waals surface area contributed by atoms with Crippen LogP contribution in [-0.4, -0.2) is 16.7 Å². The second kappa shape index (κ2) is 6.88. The summed E-state index contributed by atoms with van der Waals surface area (Å²) in [5.41, 5.74) is 0. The molecule has 0 radical (unpaired) electrons. The molecule has 0 amide bonds. The van der Waals surface area contributed by atoms with Gasteiger partial charge in [-0.1, -0.05) is 33.1 Å². The fourth-order valence-corrected chi connectivity index (χ4v) is 2.63. The van der Waals surface area contributed by atoms with E-state index in [-0.39, 0.29) is 6.04 Å². The number of nitrogens with zero attached hydrogens (tertiary/aromatic N) is 2. The number of rotatable bonds is 6. The SMILES string of the molecule is CCCNC(CC)c1nnc(C2CCCCC2)o1. The first-order valence-corrected chi connectivity index (χ1v) is 7.41. The van der Waals surface area contributed by atoms with Crippen LogP contribution >= 0.6 is 0 Å². The molecule has 0 aliphatic heterocycles. The molecule has 0 bridgehead atoms. The molecule has 1 unspecified atom stereocenters. The van der Waals surface area contributed by atoms with Crippen molar-refractivity contribution in [1.29, 1.82) is 0 Å². The van der Waals surface area contributed by atoms with E-state index in [1.165, 1.54) is 32.1 Å². The molecule has 1 aromatic heterocycles. The van der Waals surface area contributed by atoms with Gasteiger partial charge in [0.2, 0.25) is 11.8 Å². The average molecular weight is 251 g/mol. The normalized spacial score (nSPS) is 19.0. The van der Waals surface area contributed by atoms with Gasteiger partial charge in [-0.15, -0.1) is 10.2 Å². The maximum atomic E-state index is 5.89. The quantitative estimate of drug-likeness (QED) is 0.839. The minimum absolute atomic E-state index is 0.217. The summed E-state index contributed by atoms with van der Waals surface area (Å²) in [6.45, 7) is 5.32. The molecule has 1 N–H and O–H groups in total. The van der Waals surface area contributed by atoms with Gasteiger partial charge in [0.15, 0.2) is 0 Å². The molecular weight excluding hydrogens is 226 g/mol. The predicted octanol–water partition coefficient (Wildman–Crippen LogP) is 3.57. The van der Waals surface area contributed by atoms with Crippen molar-refractivity contribution in [2.75, 3.05) is 6.54 Å². The minimum Gasteiger partial charge on any atom is -0.423 e. The highest BCUT2D eigenvalue weighted by atomic mass is 16.4. The summed E-state index contributed by atoms with van der Waals surface area (Å²) >= 11 is 0. The second-order valence-electron chi connectivity index (χ2n) is 5.23. The van der Waals surface area contributed by atoms with Gasteiger partial charge in [-0.2, -0.15) is 0 Å². The van der Waals surface area contributed by atoms with Crippen LogP contribution in [0.3, 0.4) is 0 Å². The van der Waals surface area contributed by atoms with Crippen molar-refractivity contribution in [3.05, 3.63) is 11.8 Å². The number of aromatic nitrogens is 2. The maximum absolute atomic E-state index is 5.89. The Kier molecular flexibility index (Phi) is 5.17. The van der Waals surface area contributed by atoms with Crippen molar-refractivity contribution in [3.63, 3.8) is 0 Å². The topological polar surface area (TPSA) is 51.0 Å². The number of hydrogen-bond donors (Lipinski definition) is 1. The zero-order valence-electron chi connectivity index (χ0n) is 11.6. The zero-order valence-corrected chi connectivity index (χ0v) is 11.6. The van der Waals surface area contributed by atoms with Crippen molar-refractivity contribution in [1.82, 2.24) is 15.5 Å². The second-order valence-corrected chi connectivity index (χ2v) is 5.23. The molecule has 1 aliphatic carbocycles. The van der Waals surface area contributed by atoms with Gasteiger partial charge in [0.1, 0.15) is 0 Å². The molecule has 2 rings (SSSR count). The van der Waals surface area contributed by atoms with Crippen LogP contribution < -0.4 is 5.32 Å². The molecule has 1 atom stereocenters. The van der Waals surface area contributed by atoms with Gasteiger partial charge in [0, 0.05) is 5.92 Å². The molecule has 1 fully saturated rings. The molecule has 0 spiro atoms. The van der Waals surface area contributed by atoms with E-state index in [2.05, 4.69) is 29.4 Å². The molecule has 1 saturated carbocycles. The van der Waals surface area contributed by atoms with E-state index in [1.54, 1.807) is 0 Å². The van der Waals surface area contributed by atoms with E-state index in [0.717, 1.165) is 31.2 Å². The molecule has 1 aliphatic rings. The standard InChI is InChI=1S/C14H25N3O/c1-3-10-15-12(4-2)14-17-16-13(18-14)11-8-6-5-7-9-11/h11-12,15H,3-10H2,1-2H3. The molecule has 1 heterocycles. The molecule has 102 valence electrons. The van der Waals surface area contributed by atoms with E-state index < -0.39 is 0 Å². The lowest BCUT2D eigenvalue weighted by molar-refractivity contribution is 0.326. The number of nitrogens with one attached hydrogen (secondary N) is 1. The van der Waals surface area contributed by atoms with E-state index >= 15 is 0 Å². The first-order chi connectivity index (χ1) is 8.85. The van der Waals surface area contributed by atoms with Crippen LogP contribution in [0.15, 0.2) is 4.42 Å². The van der Waals surface area contributed by atoms with Crippen molar-refractivity contribution >= 4 is 0 Å². The molecule has 4 heteroatoms. The highest BCUT2D eigenvalue weighted by Crippen LogP contribution is 2.32. The van der Waals surface area contributed by atoms with Crippen LogP contribution in [-0.2, 0) is 0 Å². The Morgan fingerprint density at radius 1 is 1.22 bits per heavy atom.